The molecule has 0 aromatic rings. The second-order valence-corrected chi connectivity index (χ2v) is 26.1. The van der Waals surface area contributed by atoms with Gasteiger partial charge in [0.1, 0.15) is 19.3 Å². The molecule has 0 bridgehead atoms. The van der Waals surface area contributed by atoms with Gasteiger partial charge in [-0.05, 0) is 25.7 Å². The van der Waals surface area contributed by atoms with Crippen LogP contribution in [0.3, 0.4) is 0 Å². The number of hydrogen-bond donors (Lipinski definition) is 3. The van der Waals surface area contributed by atoms with Gasteiger partial charge in [-0.25, -0.2) is 9.13 Å². The second kappa shape index (κ2) is 59.0. The predicted octanol–water partition coefficient (Wildman–Crippen LogP) is 17.9. The molecule has 0 saturated heterocycles. The second-order valence-electron chi connectivity index (χ2n) is 23.2. The van der Waals surface area contributed by atoms with E-state index < -0.39 is 97.5 Å². The van der Waals surface area contributed by atoms with E-state index in [1.54, 1.807) is 0 Å². The Morgan fingerprint density at radius 3 is 0.711 bits per heavy atom. The molecule has 0 aliphatic heterocycles. The molecule has 0 heterocycles. The Bertz CT molecular complexity index is 1600. The van der Waals surface area contributed by atoms with Crippen molar-refractivity contribution in [2.45, 2.75) is 348 Å². The highest BCUT2D eigenvalue weighted by molar-refractivity contribution is 7.47. The van der Waals surface area contributed by atoms with E-state index in [0.717, 1.165) is 103 Å². The van der Waals surface area contributed by atoms with Gasteiger partial charge in [0.05, 0.1) is 26.4 Å². The first-order valence-corrected chi connectivity index (χ1v) is 36.8. The van der Waals surface area contributed by atoms with E-state index in [4.69, 9.17) is 37.0 Å². The Balaban J connectivity index is 5.20. The monoisotopic (exact) mass is 1230 g/mol. The normalized spacial score (nSPS) is 14.2. The van der Waals surface area contributed by atoms with E-state index >= 15 is 0 Å². The maximum Gasteiger partial charge on any atom is 0.472 e. The summed E-state index contributed by atoms with van der Waals surface area (Å²) in [5, 5.41) is 10.5. The molecule has 0 aromatic carbocycles. The Hall–Kier alpha value is -1.94. The lowest BCUT2D eigenvalue weighted by Gasteiger charge is -2.21. The first-order chi connectivity index (χ1) is 40.2. The Kier molecular flexibility index (Phi) is 57.7. The van der Waals surface area contributed by atoms with Crippen LogP contribution in [-0.4, -0.2) is 96.7 Å². The van der Waals surface area contributed by atoms with Crippen LogP contribution in [0.1, 0.15) is 329 Å². The van der Waals surface area contributed by atoms with Crippen molar-refractivity contribution in [1.29, 1.82) is 0 Å². The lowest BCUT2D eigenvalue weighted by Crippen LogP contribution is -2.30. The van der Waals surface area contributed by atoms with Crippen molar-refractivity contribution in [2.75, 3.05) is 39.6 Å². The van der Waals surface area contributed by atoms with Gasteiger partial charge in [0, 0.05) is 25.7 Å². The van der Waals surface area contributed by atoms with Crippen molar-refractivity contribution in [3.05, 3.63) is 0 Å². The van der Waals surface area contributed by atoms with Crippen molar-refractivity contribution in [3.63, 3.8) is 0 Å². The highest BCUT2D eigenvalue weighted by Gasteiger charge is 2.30. The number of carbonyl (C=O) groups is 4. The molecule has 0 saturated carbocycles. The predicted molar refractivity (Wildman–Crippen MR) is 331 cm³/mol. The van der Waals surface area contributed by atoms with Gasteiger partial charge in [0.2, 0.25) is 0 Å². The molecule has 0 spiro atoms. The van der Waals surface area contributed by atoms with Gasteiger partial charge in [-0.1, -0.05) is 278 Å². The number of ether oxygens (including phenoxy) is 4. The van der Waals surface area contributed by atoms with E-state index in [0.29, 0.717) is 25.7 Å². The molecule has 492 valence electrons. The van der Waals surface area contributed by atoms with Crippen LogP contribution in [0.5, 0.6) is 0 Å². The molecule has 5 atom stereocenters. The molecule has 0 rings (SSSR count). The van der Waals surface area contributed by atoms with Gasteiger partial charge in [-0.2, -0.15) is 0 Å². The Morgan fingerprint density at radius 2 is 0.482 bits per heavy atom. The lowest BCUT2D eigenvalue weighted by atomic mass is 10.0. The summed E-state index contributed by atoms with van der Waals surface area (Å²) in [6.45, 7) is 4.85. The van der Waals surface area contributed by atoms with Crippen LogP contribution in [0.4, 0.5) is 0 Å². The summed E-state index contributed by atoms with van der Waals surface area (Å²) in [4.78, 5) is 72.1. The number of rotatable bonds is 65. The summed E-state index contributed by atoms with van der Waals surface area (Å²) in [7, 11) is -9.88. The topological polar surface area (TPSA) is 237 Å². The standard InChI is InChI=1S/C64H124O17P2/c1-5-9-13-17-21-24-27-28-29-30-32-35-39-43-47-51-64(69)81-60(55-75-62(67)49-45-41-37-34-31-25-22-18-14-10-6-2)57-79-83(72,73)77-53-58(65)52-76-82(70,71)78-56-59(54-74-61(66)48-44-40-36-20-16-12-8-4)80-63(68)50-46-42-38-33-26-23-19-15-11-7-3/h58-60,65H,5-57H2,1-4H3,(H,70,71)(H,72,73)/t58-,59+,60+/m0/s1. The van der Waals surface area contributed by atoms with Gasteiger partial charge in [0.15, 0.2) is 12.2 Å². The first kappa shape index (κ1) is 81.1. The third-order valence-corrected chi connectivity index (χ3v) is 16.8. The van der Waals surface area contributed by atoms with Gasteiger partial charge in [-0.15, -0.1) is 0 Å². The summed E-state index contributed by atoms with van der Waals surface area (Å²) >= 11 is 0. The summed E-state index contributed by atoms with van der Waals surface area (Å²) in [5.74, 6) is -2.13. The first-order valence-electron chi connectivity index (χ1n) is 33.8. The van der Waals surface area contributed by atoms with Crippen molar-refractivity contribution in [2.24, 2.45) is 0 Å². The van der Waals surface area contributed by atoms with Crippen molar-refractivity contribution in [3.8, 4) is 0 Å². The zero-order chi connectivity index (χ0) is 61.2. The largest absolute Gasteiger partial charge is 0.472 e. The average Bonchev–Trinajstić information content (AvgIpc) is 3.47. The third kappa shape index (κ3) is 58.8. The minimum Gasteiger partial charge on any atom is -0.462 e. The smallest absolute Gasteiger partial charge is 0.462 e. The van der Waals surface area contributed by atoms with Gasteiger partial charge in [-0.3, -0.25) is 37.3 Å². The molecular formula is C64H124O17P2. The van der Waals surface area contributed by atoms with E-state index in [1.807, 2.05) is 0 Å². The molecule has 17 nitrogen and oxygen atoms in total. The van der Waals surface area contributed by atoms with Crippen LogP contribution in [0.25, 0.3) is 0 Å². The molecule has 3 N–H and O–H groups in total. The molecular weight excluding hydrogens is 1100 g/mol. The Labute approximate surface area is 505 Å². The van der Waals surface area contributed by atoms with Crippen LogP contribution in [-0.2, 0) is 65.4 Å². The summed E-state index contributed by atoms with van der Waals surface area (Å²) in [5.41, 5.74) is 0. The summed E-state index contributed by atoms with van der Waals surface area (Å²) in [6, 6.07) is 0. The number of unbranched alkanes of at least 4 members (excludes halogenated alkanes) is 39. The van der Waals surface area contributed by atoms with Crippen molar-refractivity contribution in [1.82, 2.24) is 0 Å². The van der Waals surface area contributed by atoms with E-state index in [9.17, 15) is 43.2 Å². The highest BCUT2D eigenvalue weighted by Crippen LogP contribution is 2.45. The number of phosphoric acid groups is 2. The van der Waals surface area contributed by atoms with Gasteiger partial charge >= 0.3 is 39.5 Å². The fourth-order valence-electron chi connectivity index (χ4n) is 9.63. The molecule has 0 radical (unpaired) electrons. The molecule has 0 aliphatic carbocycles. The number of carbonyl (C=O) groups excluding carboxylic acids is 4. The number of phosphoric ester groups is 2. The minimum absolute atomic E-state index is 0.106. The van der Waals surface area contributed by atoms with Gasteiger partial charge < -0.3 is 33.8 Å². The summed E-state index contributed by atoms with van der Waals surface area (Å²) < 4.78 is 67.9. The number of aliphatic hydroxyl groups excluding tert-OH is 1. The Morgan fingerprint density at radius 1 is 0.289 bits per heavy atom. The zero-order valence-electron chi connectivity index (χ0n) is 53.2. The molecule has 0 aliphatic rings. The quantitative estimate of drug-likeness (QED) is 0.0222. The number of aliphatic hydroxyl groups is 1. The third-order valence-electron chi connectivity index (χ3n) is 14.9. The van der Waals surface area contributed by atoms with E-state index in [-0.39, 0.29) is 25.7 Å². The summed E-state index contributed by atoms with van der Waals surface area (Å²) in [6.07, 6.45) is 44.4. The number of esters is 4. The van der Waals surface area contributed by atoms with Crippen LogP contribution in [0.2, 0.25) is 0 Å². The molecule has 19 heteroatoms. The maximum atomic E-state index is 13.0. The van der Waals surface area contributed by atoms with Crippen LogP contribution < -0.4 is 0 Å². The van der Waals surface area contributed by atoms with Crippen LogP contribution in [0.15, 0.2) is 0 Å². The SMILES string of the molecule is CCCCCCCCCCCCCCCCCC(=O)O[C@H](COC(=O)CCCCCCCCCCCCC)COP(=O)(O)OC[C@@H](O)COP(=O)(O)OC[C@@H](COC(=O)CCCCCCCCC)OC(=O)CCCCCCCCCCCC. The van der Waals surface area contributed by atoms with E-state index in [2.05, 4.69) is 27.7 Å². The van der Waals surface area contributed by atoms with Gasteiger partial charge in [0.25, 0.3) is 0 Å². The van der Waals surface area contributed by atoms with Crippen LogP contribution >= 0.6 is 15.6 Å². The molecule has 2 unspecified atom stereocenters. The lowest BCUT2D eigenvalue weighted by molar-refractivity contribution is -0.161. The molecule has 0 amide bonds. The zero-order valence-corrected chi connectivity index (χ0v) is 54.9. The highest BCUT2D eigenvalue weighted by atomic mass is 31.2. The van der Waals surface area contributed by atoms with Crippen LogP contribution in [0, 0.1) is 0 Å². The number of hydrogen-bond acceptors (Lipinski definition) is 15. The molecule has 83 heavy (non-hydrogen) atoms. The van der Waals surface area contributed by atoms with Crippen molar-refractivity contribution >= 4 is 39.5 Å². The average molecular weight is 1230 g/mol. The van der Waals surface area contributed by atoms with Crippen molar-refractivity contribution < 1.29 is 80.2 Å². The fourth-order valence-corrected chi connectivity index (χ4v) is 11.2. The fraction of sp³-hybridized carbons (Fsp3) is 0.938. The van der Waals surface area contributed by atoms with E-state index in [1.165, 1.54) is 148 Å². The maximum absolute atomic E-state index is 13.0. The minimum atomic E-state index is -4.94. The molecule has 0 aromatic heterocycles. The molecule has 0 fully saturated rings.